The van der Waals surface area contributed by atoms with Crippen molar-refractivity contribution >= 4 is 11.8 Å². The lowest BCUT2D eigenvalue weighted by molar-refractivity contribution is -0.137. The van der Waals surface area contributed by atoms with E-state index in [-0.39, 0.29) is 5.91 Å². The van der Waals surface area contributed by atoms with Crippen LogP contribution < -0.4 is 5.32 Å². The molecule has 4 rings (SSSR count). The van der Waals surface area contributed by atoms with Gasteiger partial charge in [0.15, 0.2) is 0 Å². The molecule has 0 radical (unpaired) electrons. The van der Waals surface area contributed by atoms with Crippen molar-refractivity contribution in [2.45, 2.75) is 64.5 Å². The summed E-state index contributed by atoms with van der Waals surface area (Å²) in [5.74, 6) is 2.37. The second-order valence-electron chi connectivity index (χ2n) is 10.1. The maximum Gasteiger partial charge on any atom is 0.236 e. The Bertz CT molecular complexity index is 553. The zero-order valence-corrected chi connectivity index (χ0v) is 17.7. The van der Waals surface area contributed by atoms with E-state index < -0.39 is 0 Å². The van der Waals surface area contributed by atoms with Crippen molar-refractivity contribution in [2.24, 2.45) is 17.8 Å². The van der Waals surface area contributed by atoms with Gasteiger partial charge in [0, 0.05) is 57.8 Å². The van der Waals surface area contributed by atoms with E-state index in [0.717, 1.165) is 45.7 Å². The van der Waals surface area contributed by atoms with Gasteiger partial charge in [0.1, 0.15) is 0 Å². The Labute approximate surface area is 170 Å². The van der Waals surface area contributed by atoms with Gasteiger partial charge in [0.25, 0.3) is 0 Å². The first-order chi connectivity index (χ1) is 13.5. The minimum absolute atomic E-state index is 0.267. The quantitative estimate of drug-likeness (QED) is 0.791. The van der Waals surface area contributed by atoms with E-state index in [0.29, 0.717) is 42.3 Å². The summed E-state index contributed by atoms with van der Waals surface area (Å²) in [5.41, 5.74) is 0. The summed E-state index contributed by atoms with van der Waals surface area (Å²) in [6.45, 7) is 10.0. The first-order valence-corrected chi connectivity index (χ1v) is 11.5. The number of nitrogens with zero attached hydrogens (tertiary/aromatic N) is 3. The van der Waals surface area contributed by atoms with E-state index in [1.165, 1.54) is 32.1 Å². The topological polar surface area (TPSA) is 55.9 Å². The molecule has 2 amide bonds. The molecule has 4 aliphatic rings. The van der Waals surface area contributed by atoms with Crippen LogP contribution in [0.4, 0.5) is 0 Å². The third-order valence-corrected chi connectivity index (χ3v) is 7.34. The normalized spacial score (nSPS) is 36.6. The number of amides is 2. The van der Waals surface area contributed by atoms with Gasteiger partial charge in [-0.25, -0.2) is 0 Å². The average molecular weight is 391 g/mol. The number of carbonyl (C=O) groups is 2. The fraction of sp³-hybridized carbons (Fsp3) is 0.909. The number of piperidine rings is 2. The number of rotatable bonds is 4. The van der Waals surface area contributed by atoms with Crippen LogP contribution in [0.2, 0.25) is 0 Å². The van der Waals surface area contributed by atoms with Gasteiger partial charge in [-0.15, -0.1) is 0 Å². The lowest BCUT2D eigenvalue weighted by Crippen LogP contribution is -2.53. The van der Waals surface area contributed by atoms with Gasteiger partial charge in [-0.3, -0.25) is 14.5 Å². The van der Waals surface area contributed by atoms with Crippen molar-refractivity contribution < 1.29 is 9.59 Å². The van der Waals surface area contributed by atoms with Crippen LogP contribution in [0, 0.1) is 17.8 Å². The smallest absolute Gasteiger partial charge is 0.236 e. The van der Waals surface area contributed by atoms with Crippen LogP contribution in [0.1, 0.15) is 52.4 Å². The number of nitrogens with one attached hydrogen (secondary N) is 1. The molecule has 0 saturated carbocycles. The molecule has 158 valence electrons. The van der Waals surface area contributed by atoms with Gasteiger partial charge in [0.05, 0.1) is 6.54 Å². The molecule has 6 heteroatoms. The highest BCUT2D eigenvalue weighted by Gasteiger charge is 2.35. The maximum atomic E-state index is 12.8. The van der Waals surface area contributed by atoms with E-state index in [9.17, 15) is 9.59 Å². The standard InChI is InChI=1S/C22H38N4O2/c1-16-9-17(2)14-26(13-16)22(28)15-24-5-7-25(8-6-24)21(27)12-18-10-19-3-4-20(11-18)23-19/h16-20,23H,3-15H2,1-2H3. The Morgan fingerprint density at radius 1 is 0.821 bits per heavy atom. The summed E-state index contributed by atoms with van der Waals surface area (Å²) < 4.78 is 0. The molecule has 0 aromatic rings. The zero-order chi connectivity index (χ0) is 19.7. The predicted molar refractivity (Wildman–Crippen MR) is 110 cm³/mol. The molecule has 6 nitrogen and oxygen atoms in total. The molecule has 4 aliphatic heterocycles. The van der Waals surface area contributed by atoms with Gasteiger partial charge in [-0.2, -0.15) is 0 Å². The Morgan fingerprint density at radius 3 is 2.04 bits per heavy atom. The summed E-state index contributed by atoms with van der Waals surface area (Å²) >= 11 is 0. The zero-order valence-electron chi connectivity index (χ0n) is 17.7. The van der Waals surface area contributed by atoms with Gasteiger partial charge < -0.3 is 15.1 Å². The monoisotopic (exact) mass is 390 g/mol. The third kappa shape index (κ3) is 4.88. The number of hydrogen-bond acceptors (Lipinski definition) is 4. The largest absolute Gasteiger partial charge is 0.341 e. The van der Waals surface area contributed by atoms with Crippen LogP contribution in [0.3, 0.4) is 0 Å². The first kappa shape index (κ1) is 20.1. The summed E-state index contributed by atoms with van der Waals surface area (Å²) in [6, 6.07) is 1.30. The van der Waals surface area contributed by atoms with Crippen LogP contribution >= 0.6 is 0 Å². The number of fused-ring (bicyclic) bond motifs is 2. The second-order valence-corrected chi connectivity index (χ2v) is 10.1. The summed E-state index contributed by atoms with van der Waals surface area (Å²) in [4.78, 5) is 31.8. The number of carbonyl (C=O) groups excluding carboxylic acids is 2. The Hall–Kier alpha value is -1.14. The summed E-state index contributed by atoms with van der Waals surface area (Å²) in [7, 11) is 0. The van der Waals surface area contributed by atoms with Crippen molar-refractivity contribution in [3.63, 3.8) is 0 Å². The minimum atomic E-state index is 0.267. The Balaban J connectivity index is 1.19. The van der Waals surface area contributed by atoms with Crippen LogP contribution in [0.25, 0.3) is 0 Å². The fourth-order valence-corrected chi connectivity index (χ4v) is 6.03. The Kier molecular flexibility index (Phi) is 6.26. The number of piperazine rings is 1. The molecule has 4 heterocycles. The lowest BCUT2D eigenvalue weighted by Gasteiger charge is -2.39. The summed E-state index contributed by atoms with van der Waals surface area (Å²) in [5, 5.41) is 3.66. The molecule has 2 bridgehead atoms. The van der Waals surface area contributed by atoms with Crippen LogP contribution in [0.5, 0.6) is 0 Å². The lowest BCUT2D eigenvalue weighted by atomic mass is 9.89. The molecule has 4 saturated heterocycles. The van der Waals surface area contributed by atoms with E-state index >= 15 is 0 Å². The van der Waals surface area contributed by atoms with Crippen molar-refractivity contribution in [1.82, 2.24) is 20.0 Å². The molecule has 0 aromatic heterocycles. The Morgan fingerprint density at radius 2 is 1.43 bits per heavy atom. The maximum absolute atomic E-state index is 12.8. The third-order valence-electron chi connectivity index (χ3n) is 7.34. The van der Waals surface area contributed by atoms with E-state index in [2.05, 4.69) is 29.0 Å². The van der Waals surface area contributed by atoms with E-state index in [4.69, 9.17) is 0 Å². The minimum Gasteiger partial charge on any atom is -0.341 e. The van der Waals surface area contributed by atoms with Gasteiger partial charge in [-0.05, 0) is 49.9 Å². The molecule has 0 aromatic carbocycles. The van der Waals surface area contributed by atoms with Crippen molar-refractivity contribution in [3.8, 4) is 0 Å². The second kappa shape index (κ2) is 8.70. The molecule has 0 spiro atoms. The summed E-state index contributed by atoms with van der Waals surface area (Å²) in [6.07, 6.45) is 6.86. The molecule has 4 fully saturated rings. The van der Waals surface area contributed by atoms with Gasteiger partial charge in [-0.1, -0.05) is 13.8 Å². The number of likely N-dealkylation sites (tertiary alicyclic amines) is 1. The highest BCUT2D eigenvalue weighted by atomic mass is 16.2. The highest BCUT2D eigenvalue weighted by Crippen LogP contribution is 2.33. The molecule has 4 atom stereocenters. The highest BCUT2D eigenvalue weighted by molar-refractivity contribution is 5.79. The van der Waals surface area contributed by atoms with Crippen LogP contribution in [0.15, 0.2) is 0 Å². The van der Waals surface area contributed by atoms with Gasteiger partial charge in [0.2, 0.25) is 11.8 Å². The molecule has 0 aliphatic carbocycles. The van der Waals surface area contributed by atoms with Gasteiger partial charge >= 0.3 is 0 Å². The van der Waals surface area contributed by atoms with Crippen molar-refractivity contribution in [3.05, 3.63) is 0 Å². The SMILES string of the molecule is CC1CC(C)CN(C(=O)CN2CCN(C(=O)CC3CC4CCC(C3)N4)CC2)C1. The van der Waals surface area contributed by atoms with Crippen molar-refractivity contribution in [1.29, 1.82) is 0 Å². The van der Waals surface area contributed by atoms with E-state index in [1.54, 1.807) is 0 Å². The fourth-order valence-electron chi connectivity index (χ4n) is 6.03. The molecular formula is C22H38N4O2. The number of hydrogen-bond donors (Lipinski definition) is 1. The van der Waals surface area contributed by atoms with E-state index in [1.807, 2.05) is 4.90 Å². The van der Waals surface area contributed by atoms with Crippen LogP contribution in [-0.4, -0.2) is 84.4 Å². The molecular weight excluding hydrogens is 352 g/mol. The average Bonchev–Trinajstić information content (AvgIpc) is 2.99. The van der Waals surface area contributed by atoms with Crippen LogP contribution in [-0.2, 0) is 9.59 Å². The predicted octanol–water partition coefficient (Wildman–Crippen LogP) is 1.56. The molecule has 1 N–H and O–H groups in total. The molecule has 4 unspecified atom stereocenters. The molecule has 28 heavy (non-hydrogen) atoms. The first-order valence-electron chi connectivity index (χ1n) is 11.5. The van der Waals surface area contributed by atoms with Crippen molar-refractivity contribution in [2.75, 3.05) is 45.8 Å².